The molecule has 2 atom stereocenters. The molecule has 0 radical (unpaired) electrons. The highest BCUT2D eigenvalue weighted by Gasteiger charge is 2.26. The van der Waals surface area contributed by atoms with E-state index in [-0.39, 0.29) is 0 Å². The first-order chi connectivity index (χ1) is 6.90. The van der Waals surface area contributed by atoms with E-state index in [9.17, 15) is 0 Å². The first-order valence-corrected chi connectivity index (χ1v) is 5.54. The van der Waals surface area contributed by atoms with E-state index in [0.717, 1.165) is 38.6 Å². The van der Waals surface area contributed by atoms with E-state index in [2.05, 4.69) is 22.5 Å². The fourth-order valence-electron chi connectivity index (χ4n) is 2.12. The van der Waals surface area contributed by atoms with Crippen molar-refractivity contribution in [3.63, 3.8) is 0 Å². The molecule has 0 saturated carbocycles. The summed E-state index contributed by atoms with van der Waals surface area (Å²) in [7, 11) is 0. The summed E-state index contributed by atoms with van der Waals surface area (Å²) in [5, 5.41) is 6.56. The van der Waals surface area contributed by atoms with Crippen LogP contribution >= 0.6 is 0 Å². The first kappa shape index (κ1) is 9.77. The Kier molecular flexibility index (Phi) is 3.24. The van der Waals surface area contributed by atoms with Crippen LogP contribution in [0.5, 0.6) is 0 Å². The van der Waals surface area contributed by atoms with Crippen LogP contribution in [-0.2, 0) is 4.74 Å². The predicted molar refractivity (Wildman–Crippen MR) is 56.4 cm³/mol. The summed E-state index contributed by atoms with van der Waals surface area (Å²) in [5.74, 6) is 1.62. The molecule has 4 nitrogen and oxygen atoms in total. The molecule has 2 aliphatic heterocycles. The van der Waals surface area contributed by atoms with E-state index in [1.54, 1.807) is 0 Å². The van der Waals surface area contributed by atoms with Gasteiger partial charge in [0.1, 0.15) is 0 Å². The third-order valence-corrected chi connectivity index (χ3v) is 2.95. The van der Waals surface area contributed by atoms with Gasteiger partial charge in [-0.15, -0.1) is 0 Å². The van der Waals surface area contributed by atoms with E-state index in [4.69, 9.17) is 4.74 Å². The smallest absolute Gasteiger partial charge is 0.191 e. The molecule has 2 N–H and O–H groups in total. The van der Waals surface area contributed by atoms with Crippen molar-refractivity contribution >= 4 is 5.96 Å². The molecule has 1 saturated heterocycles. The Morgan fingerprint density at radius 2 is 2.57 bits per heavy atom. The Labute approximate surface area is 85.1 Å². The van der Waals surface area contributed by atoms with Crippen molar-refractivity contribution in [1.82, 2.24) is 10.6 Å². The van der Waals surface area contributed by atoms with Crippen LogP contribution < -0.4 is 10.6 Å². The van der Waals surface area contributed by atoms with Crippen molar-refractivity contribution in [2.45, 2.75) is 25.9 Å². The van der Waals surface area contributed by atoms with Crippen molar-refractivity contribution in [3.8, 4) is 0 Å². The molecule has 0 bridgehead atoms. The average Bonchev–Trinajstić information content (AvgIpc) is 2.85. The van der Waals surface area contributed by atoms with Gasteiger partial charge in [0, 0.05) is 25.6 Å². The summed E-state index contributed by atoms with van der Waals surface area (Å²) in [5.41, 5.74) is 0. The van der Waals surface area contributed by atoms with Crippen molar-refractivity contribution in [2.75, 3.05) is 26.2 Å². The molecule has 4 heteroatoms. The lowest BCUT2D eigenvalue weighted by Crippen LogP contribution is -2.38. The summed E-state index contributed by atoms with van der Waals surface area (Å²) >= 11 is 0. The molecule has 0 aromatic rings. The second-order valence-corrected chi connectivity index (χ2v) is 3.90. The number of hydrogen-bond acceptors (Lipinski definition) is 4. The average molecular weight is 197 g/mol. The third kappa shape index (κ3) is 2.18. The minimum atomic E-state index is 0.449. The lowest BCUT2D eigenvalue weighted by Gasteiger charge is -2.17. The number of aliphatic imine (C=N–C) groups is 1. The van der Waals surface area contributed by atoms with Gasteiger partial charge in [0.15, 0.2) is 5.96 Å². The maximum atomic E-state index is 5.63. The topological polar surface area (TPSA) is 45.6 Å². The quantitative estimate of drug-likeness (QED) is 0.686. The van der Waals surface area contributed by atoms with Gasteiger partial charge in [-0.1, -0.05) is 6.92 Å². The molecule has 14 heavy (non-hydrogen) atoms. The minimum absolute atomic E-state index is 0.449. The molecule has 2 aliphatic rings. The third-order valence-electron chi connectivity index (χ3n) is 2.95. The molecule has 0 spiro atoms. The first-order valence-electron chi connectivity index (χ1n) is 5.54. The van der Waals surface area contributed by atoms with E-state index in [1.807, 2.05) is 0 Å². The van der Waals surface area contributed by atoms with E-state index in [1.165, 1.54) is 6.42 Å². The zero-order valence-electron chi connectivity index (χ0n) is 8.75. The van der Waals surface area contributed by atoms with Gasteiger partial charge in [-0.3, -0.25) is 4.99 Å². The van der Waals surface area contributed by atoms with Crippen LogP contribution in [0.2, 0.25) is 0 Å². The summed E-state index contributed by atoms with van der Waals surface area (Å²) < 4.78 is 5.63. The molecule has 1 fully saturated rings. The molecule has 2 rings (SSSR count). The minimum Gasteiger partial charge on any atom is -0.378 e. The molecular weight excluding hydrogens is 178 g/mol. The number of ether oxygens (including phenoxy) is 1. The second-order valence-electron chi connectivity index (χ2n) is 3.90. The number of guanidine groups is 1. The highest BCUT2D eigenvalue weighted by atomic mass is 16.5. The van der Waals surface area contributed by atoms with E-state index < -0.39 is 0 Å². The molecular formula is C10H19N3O. The van der Waals surface area contributed by atoms with E-state index >= 15 is 0 Å². The Bertz CT molecular complexity index is 217. The predicted octanol–water partition coefficient (Wildman–Crippen LogP) is 0.350. The summed E-state index contributed by atoms with van der Waals surface area (Å²) in [6.07, 6.45) is 2.75. The van der Waals surface area contributed by atoms with Gasteiger partial charge in [-0.05, 0) is 12.8 Å². The fraction of sp³-hybridized carbons (Fsp3) is 0.900. The Hall–Kier alpha value is -0.770. The van der Waals surface area contributed by atoms with Crippen LogP contribution in [0.25, 0.3) is 0 Å². The van der Waals surface area contributed by atoms with Gasteiger partial charge in [0.05, 0.1) is 12.6 Å². The van der Waals surface area contributed by atoms with Crippen LogP contribution in [0.3, 0.4) is 0 Å². The second kappa shape index (κ2) is 4.64. The van der Waals surface area contributed by atoms with E-state index in [0.29, 0.717) is 12.0 Å². The molecule has 0 amide bonds. The van der Waals surface area contributed by atoms with Crippen molar-refractivity contribution in [3.05, 3.63) is 0 Å². The Morgan fingerprint density at radius 1 is 1.64 bits per heavy atom. The maximum Gasteiger partial charge on any atom is 0.191 e. The number of nitrogens with zero attached hydrogens (tertiary/aromatic N) is 1. The summed E-state index contributed by atoms with van der Waals surface area (Å²) in [4.78, 5) is 4.30. The van der Waals surface area contributed by atoms with Crippen LogP contribution in [-0.4, -0.2) is 38.3 Å². The van der Waals surface area contributed by atoms with Crippen molar-refractivity contribution in [1.29, 1.82) is 0 Å². The standard InChI is InChI=1S/C10H19N3O/c1-2-9-8(3-6-14-9)7-13-10-11-4-5-12-10/h8-9H,2-7H2,1H3,(H2,11,12,13). The highest BCUT2D eigenvalue weighted by molar-refractivity contribution is 5.81. The Morgan fingerprint density at radius 3 is 3.29 bits per heavy atom. The molecule has 0 aliphatic carbocycles. The van der Waals surface area contributed by atoms with Gasteiger partial charge in [-0.2, -0.15) is 0 Å². The van der Waals surface area contributed by atoms with Gasteiger partial charge in [0.2, 0.25) is 0 Å². The number of hydrogen-bond donors (Lipinski definition) is 2. The normalized spacial score (nSPS) is 31.4. The zero-order chi connectivity index (χ0) is 9.80. The summed E-state index contributed by atoms with van der Waals surface area (Å²) in [6, 6.07) is 0. The lowest BCUT2D eigenvalue weighted by atomic mass is 10.00. The van der Waals surface area contributed by atoms with Gasteiger partial charge < -0.3 is 15.4 Å². The molecule has 80 valence electrons. The SMILES string of the molecule is CCC1OCCC1CNC1=NCCN1. The monoisotopic (exact) mass is 197 g/mol. The Balaban J connectivity index is 1.74. The van der Waals surface area contributed by atoms with Gasteiger partial charge >= 0.3 is 0 Å². The largest absolute Gasteiger partial charge is 0.378 e. The maximum absolute atomic E-state index is 5.63. The number of nitrogens with one attached hydrogen (secondary N) is 2. The van der Waals surface area contributed by atoms with Gasteiger partial charge in [-0.25, -0.2) is 0 Å². The fourth-order valence-corrected chi connectivity index (χ4v) is 2.12. The molecule has 0 aromatic heterocycles. The lowest BCUT2D eigenvalue weighted by molar-refractivity contribution is 0.0882. The number of rotatable bonds is 3. The van der Waals surface area contributed by atoms with Gasteiger partial charge in [0.25, 0.3) is 0 Å². The molecule has 2 unspecified atom stereocenters. The molecule has 0 aromatic carbocycles. The van der Waals surface area contributed by atoms with Crippen molar-refractivity contribution < 1.29 is 4.74 Å². The molecule has 2 heterocycles. The summed E-state index contributed by atoms with van der Waals surface area (Å²) in [6.45, 7) is 5.98. The van der Waals surface area contributed by atoms with Crippen LogP contribution in [0.15, 0.2) is 4.99 Å². The zero-order valence-corrected chi connectivity index (χ0v) is 8.75. The highest BCUT2D eigenvalue weighted by Crippen LogP contribution is 2.22. The van der Waals surface area contributed by atoms with Crippen LogP contribution in [0.4, 0.5) is 0 Å². The van der Waals surface area contributed by atoms with Crippen LogP contribution in [0.1, 0.15) is 19.8 Å². The van der Waals surface area contributed by atoms with Crippen molar-refractivity contribution in [2.24, 2.45) is 10.9 Å². The van der Waals surface area contributed by atoms with Crippen LogP contribution in [0, 0.1) is 5.92 Å².